The van der Waals surface area contributed by atoms with Gasteiger partial charge in [0.15, 0.2) is 0 Å². The largest absolute Gasteiger partial charge is 0.465 e. The molecule has 3 rings (SSSR count). The van der Waals surface area contributed by atoms with Crippen molar-refractivity contribution in [1.82, 2.24) is 9.97 Å². The van der Waals surface area contributed by atoms with Crippen molar-refractivity contribution in [2.24, 2.45) is 0 Å². The number of esters is 1. The number of aromatic nitrogens is 2. The Morgan fingerprint density at radius 3 is 2.63 bits per heavy atom. The molecule has 2 N–H and O–H groups in total. The minimum absolute atomic E-state index is 0.366. The molecule has 2 aromatic carbocycles. The van der Waals surface area contributed by atoms with Crippen LogP contribution in [0.5, 0.6) is 0 Å². The van der Waals surface area contributed by atoms with Crippen LogP contribution in [0.1, 0.15) is 15.9 Å². The maximum absolute atomic E-state index is 11.7. The van der Waals surface area contributed by atoms with Crippen molar-refractivity contribution in [3.8, 4) is 6.07 Å². The Kier molecular flexibility index (Phi) is 5.50. The molecule has 1 aromatic heterocycles. The first-order chi connectivity index (χ1) is 13.1. The van der Waals surface area contributed by atoms with Crippen LogP contribution in [0.25, 0.3) is 0 Å². The third kappa shape index (κ3) is 4.51. The van der Waals surface area contributed by atoms with E-state index in [0.29, 0.717) is 33.6 Å². The molecule has 0 aliphatic rings. The first-order valence-corrected chi connectivity index (χ1v) is 8.22. The molecule has 134 valence electrons. The Labute approximate surface area is 160 Å². The van der Waals surface area contributed by atoms with Gasteiger partial charge in [0.25, 0.3) is 0 Å². The van der Waals surface area contributed by atoms with Crippen molar-refractivity contribution in [1.29, 1.82) is 5.26 Å². The summed E-state index contributed by atoms with van der Waals surface area (Å²) in [5, 5.41) is 15.4. The normalized spacial score (nSPS) is 9.96. The number of carbonyl (C=O) groups excluding carboxylic acids is 1. The van der Waals surface area contributed by atoms with Crippen LogP contribution in [0, 0.1) is 11.3 Å². The maximum Gasteiger partial charge on any atom is 0.337 e. The second-order valence-electron chi connectivity index (χ2n) is 5.39. The van der Waals surface area contributed by atoms with Gasteiger partial charge >= 0.3 is 5.97 Å². The van der Waals surface area contributed by atoms with E-state index in [-0.39, 0.29) is 0 Å². The number of benzene rings is 2. The Balaban J connectivity index is 1.79. The van der Waals surface area contributed by atoms with Gasteiger partial charge in [-0.05, 0) is 48.5 Å². The van der Waals surface area contributed by atoms with Crippen molar-refractivity contribution in [2.45, 2.75) is 0 Å². The first-order valence-electron chi connectivity index (χ1n) is 7.84. The highest BCUT2D eigenvalue weighted by atomic mass is 35.5. The molecular weight excluding hydrogens is 366 g/mol. The van der Waals surface area contributed by atoms with E-state index in [9.17, 15) is 4.79 Å². The zero-order chi connectivity index (χ0) is 19.2. The Morgan fingerprint density at radius 1 is 1.15 bits per heavy atom. The van der Waals surface area contributed by atoms with E-state index in [1.165, 1.54) is 7.11 Å². The molecule has 0 unspecified atom stereocenters. The molecule has 8 heteroatoms. The van der Waals surface area contributed by atoms with Crippen molar-refractivity contribution >= 4 is 40.7 Å². The van der Waals surface area contributed by atoms with E-state index >= 15 is 0 Å². The maximum atomic E-state index is 11.7. The standard InChI is InChI=1S/C19H14ClN5O2/c1-27-18(26)13-4-7-15(20)16(10-13)24-17-8-9-22-19(25-17)23-14-5-2-12(11-21)3-6-14/h2-10H,1H3,(H2,22,23,24,25). The van der Waals surface area contributed by atoms with Crippen LogP contribution in [0.2, 0.25) is 5.02 Å². The van der Waals surface area contributed by atoms with Crippen LogP contribution in [0.15, 0.2) is 54.7 Å². The van der Waals surface area contributed by atoms with Crippen LogP contribution < -0.4 is 10.6 Å². The zero-order valence-corrected chi connectivity index (χ0v) is 15.0. The average molecular weight is 380 g/mol. The minimum Gasteiger partial charge on any atom is -0.465 e. The van der Waals surface area contributed by atoms with E-state index in [1.807, 2.05) is 0 Å². The van der Waals surface area contributed by atoms with Gasteiger partial charge in [0.2, 0.25) is 5.95 Å². The van der Waals surface area contributed by atoms with Crippen LogP contribution >= 0.6 is 11.6 Å². The summed E-state index contributed by atoms with van der Waals surface area (Å²) in [5.41, 5.74) is 2.20. The number of methoxy groups -OCH3 is 1. The molecular formula is C19H14ClN5O2. The molecule has 0 aliphatic carbocycles. The number of nitrogens with zero attached hydrogens (tertiary/aromatic N) is 3. The fraction of sp³-hybridized carbons (Fsp3) is 0.0526. The number of rotatable bonds is 5. The molecule has 0 bridgehead atoms. The number of ether oxygens (including phenoxy) is 1. The summed E-state index contributed by atoms with van der Waals surface area (Å²) in [6.45, 7) is 0. The van der Waals surface area contributed by atoms with Crippen molar-refractivity contribution in [2.75, 3.05) is 17.7 Å². The molecule has 0 saturated heterocycles. The number of carbonyl (C=O) groups is 1. The van der Waals surface area contributed by atoms with Crippen molar-refractivity contribution < 1.29 is 9.53 Å². The Bertz CT molecular complexity index is 1020. The van der Waals surface area contributed by atoms with Gasteiger partial charge in [-0.3, -0.25) is 0 Å². The van der Waals surface area contributed by atoms with E-state index in [1.54, 1.807) is 54.7 Å². The van der Waals surface area contributed by atoms with E-state index in [4.69, 9.17) is 21.6 Å². The fourth-order valence-electron chi connectivity index (χ4n) is 2.25. The second-order valence-corrected chi connectivity index (χ2v) is 5.80. The molecule has 7 nitrogen and oxygen atoms in total. The van der Waals surface area contributed by atoms with Gasteiger partial charge in [0.1, 0.15) is 5.82 Å². The van der Waals surface area contributed by atoms with Gasteiger partial charge in [0, 0.05) is 11.9 Å². The molecule has 3 aromatic rings. The second kappa shape index (κ2) is 8.17. The Hall–Kier alpha value is -3.63. The molecule has 0 radical (unpaired) electrons. The third-order valence-corrected chi connectivity index (χ3v) is 3.91. The predicted octanol–water partition coefficient (Wildman–Crippen LogP) is 4.28. The summed E-state index contributed by atoms with van der Waals surface area (Å²) < 4.78 is 4.72. The lowest BCUT2D eigenvalue weighted by Gasteiger charge is -2.11. The van der Waals surface area contributed by atoms with Gasteiger partial charge in [-0.15, -0.1) is 0 Å². The molecule has 0 fully saturated rings. The number of nitrogens with one attached hydrogen (secondary N) is 2. The number of anilines is 4. The van der Waals surface area contributed by atoms with E-state index in [0.717, 1.165) is 5.69 Å². The van der Waals surface area contributed by atoms with E-state index < -0.39 is 5.97 Å². The predicted molar refractivity (Wildman–Crippen MR) is 103 cm³/mol. The summed E-state index contributed by atoms with van der Waals surface area (Å²) >= 11 is 6.19. The smallest absolute Gasteiger partial charge is 0.337 e. The minimum atomic E-state index is -0.458. The average Bonchev–Trinajstić information content (AvgIpc) is 2.70. The molecule has 0 atom stereocenters. The summed E-state index contributed by atoms with van der Waals surface area (Å²) in [7, 11) is 1.32. The molecule has 0 amide bonds. The van der Waals surface area contributed by atoms with Crippen LogP contribution in [0.4, 0.5) is 23.1 Å². The summed E-state index contributed by atoms with van der Waals surface area (Å²) in [4.78, 5) is 20.2. The quantitative estimate of drug-likeness (QED) is 0.638. The highest BCUT2D eigenvalue weighted by Crippen LogP contribution is 2.26. The molecule has 27 heavy (non-hydrogen) atoms. The number of halogens is 1. The first kappa shape index (κ1) is 18.2. The van der Waals surface area contributed by atoms with Crippen LogP contribution in [-0.4, -0.2) is 23.0 Å². The third-order valence-electron chi connectivity index (χ3n) is 3.58. The molecule has 0 saturated carbocycles. The van der Waals surface area contributed by atoms with Crippen LogP contribution in [-0.2, 0) is 4.74 Å². The van der Waals surface area contributed by atoms with Gasteiger partial charge < -0.3 is 15.4 Å². The lowest BCUT2D eigenvalue weighted by Crippen LogP contribution is -2.04. The SMILES string of the molecule is COC(=O)c1ccc(Cl)c(Nc2ccnc(Nc3ccc(C#N)cc3)n2)c1. The van der Waals surface area contributed by atoms with Crippen molar-refractivity contribution in [3.63, 3.8) is 0 Å². The summed E-state index contributed by atoms with van der Waals surface area (Å²) in [6, 6.07) is 15.4. The summed E-state index contributed by atoms with van der Waals surface area (Å²) in [6.07, 6.45) is 1.58. The van der Waals surface area contributed by atoms with Gasteiger partial charge in [-0.2, -0.15) is 10.2 Å². The summed E-state index contributed by atoms with van der Waals surface area (Å²) in [5.74, 6) is 0.399. The highest BCUT2D eigenvalue weighted by Gasteiger charge is 2.10. The number of hydrogen-bond donors (Lipinski definition) is 2. The van der Waals surface area contributed by atoms with Gasteiger partial charge in [-0.1, -0.05) is 11.6 Å². The topological polar surface area (TPSA) is 99.9 Å². The lowest BCUT2D eigenvalue weighted by atomic mass is 10.2. The monoisotopic (exact) mass is 379 g/mol. The molecule has 0 aliphatic heterocycles. The number of hydrogen-bond acceptors (Lipinski definition) is 7. The molecule has 0 spiro atoms. The van der Waals surface area contributed by atoms with Crippen LogP contribution in [0.3, 0.4) is 0 Å². The van der Waals surface area contributed by atoms with E-state index in [2.05, 4.69) is 26.7 Å². The highest BCUT2D eigenvalue weighted by molar-refractivity contribution is 6.33. The zero-order valence-electron chi connectivity index (χ0n) is 14.2. The van der Waals surface area contributed by atoms with Gasteiger partial charge in [-0.25, -0.2) is 9.78 Å². The molecule has 1 heterocycles. The number of nitriles is 1. The fourth-order valence-corrected chi connectivity index (χ4v) is 2.41. The van der Waals surface area contributed by atoms with Gasteiger partial charge in [0.05, 0.1) is 35.0 Å². The lowest BCUT2D eigenvalue weighted by molar-refractivity contribution is 0.0601. The van der Waals surface area contributed by atoms with Crippen molar-refractivity contribution in [3.05, 3.63) is 70.9 Å². The Morgan fingerprint density at radius 2 is 1.93 bits per heavy atom.